The van der Waals surface area contributed by atoms with Gasteiger partial charge in [0, 0.05) is 17.9 Å². The molecule has 1 N–H and O–H groups in total. The van der Waals surface area contributed by atoms with Gasteiger partial charge in [-0.3, -0.25) is 4.90 Å². The summed E-state index contributed by atoms with van der Waals surface area (Å²) in [5, 5.41) is 3.36. The topological polar surface area (TPSA) is 15.3 Å². The normalized spacial score (nSPS) is 19.8. The van der Waals surface area contributed by atoms with Gasteiger partial charge in [0.05, 0.1) is 0 Å². The molecular weight excluding hydrogens is 419 g/mol. The summed E-state index contributed by atoms with van der Waals surface area (Å²) in [5.74, 6) is 0.982. The van der Waals surface area contributed by atoms with Gasteiger partial charge in [0.25, 0.3) is 0 Å². The van der Waals surface area contributed by atoms with Crippen LogP contribution in [-0.4, -0.2) is 18.0 Å². The lowest BCUT2D eigenvalue weighted by Crippen LogP contribution is -2.32. The lowest BCUT2D eigenvalue weighted by Gasteiger charge is -2.32. The van der Waals surface area contributed by atoms with Crippen molar-refractivity contribution in [3.05, 3.63) is 101 Å². The minimum absolute atomic E-state index is 0.102. The van der Waals surface area contributed by atoms with Gasteiger partial charge in [-0.2, -0.15) is 0 Å². The third-order valence-corrected chi connectivity index (χ3v) is 7.68. The van der Waals surface area contributed by atoms with Gasteiger partial charge in [-0.25, -0.2) is 4.39 Å². The predicted octanol–water partition coefficient (Wildman–Crippen LogP) is 7.51. The highest BCUT2D eigenvalue weighted by molar-refractivity contribution is 5.65. The number of nitrogens with zero attached hydrogens (tertiary/aromatic N) is 1. The van der Waals surface area contributed by atoms with Gasteiger partial charge >= 0.3 is 0 Å². The van der Waals surface area contributed by atoms with E-state index in [-0.39, 0.29) is 5.82 Å². The number of benzene rings is 2. The third kappa shape index (κ3) is 5.88. The molecule has 0 spiro atoms. The van der Waals surface area contributed by atoms with Crippen LogP contribution in [0.15, 0.2) is 67.5 Å². The maximum atomic E-state index is 13.9. The van der Waals surface area contributed by atoms with E-state index in [2.05, 4.69) is 61.1 Å². The van der Waals surface area contributed by atoms with Gasteiger partial charge < -0.3 is 5.32 Å². The maximum Gasteiger partial charge on any atom is 0.126 e. The lowest BCUT2D eigenvalue weighted by atomic mass is 9.84. The van der Waals surface area contributed by atoms with Crippen molar-refractivity contribution in [1.29, 1.82) is 0 Å². The summed E-state index contributed by atoms with van der Waals surface area (Å²) >= 11 is 0. The summed E-state index contributed by atoms with van der Waals surface area (Å²) in [7, 11) is 0. The molecular formula is C31H39FN2. The molecule has 2 aromatic carbocycles. The molecule has 34 heavy (non-hydrogen) atoms. The zero-order valence-electron chi connectivity index (χ0n) is 20.9. The fraction of sp³-hybridized carbons (Fsp3) is 0.419. The van der Waals surface area contributed by atoms with Crippen molar-refractivity contribution < 1.29 is 4.39 Å². The van der Waals surface area contributed by atoms with E-state index in [9.17, 15) is 4.39 Å². The molecule has 1 atom stereocenters. The molecule has 2 fully saturated rings. The van der Waals surface area contributed by atoms with Crippen LogP contribution in [0.25, 0.3) is 5.57 Å². The zero-order valence-corrected chi connectivity index (χ0v) is 20.9. The van der Waals surface area contributed by atoms with E-state index < -0.39 is 0 Å². The summed E-state index contributed by atoms with van der Waals surface area (Å²) in [6, 6.07) is 12.7. The van der Waals surface area contributed by atoms with Crippen LogP contribution < -0.4 is 5.32 Å². The number of likely N-dealkylation sites (tertiary alicyclic amines) is 1. The quantitative estimate of drug-likeness (QED) is 0.462. The highest BCUT2D eigenvalue weighted by atomic mass is 19.1. The number of aryl methyl sites for hydroxylation is 2. The van der Waals surface area contributed by atoms with Crippen LogP contribution in [0.4, 0.5) is 4.39 Å². The number of hydrogen-bond acceptors (Lipinski definition) is 2. The van der Waals surface area contributed by atoms with Crippen molar-refractivity contribution in [3.63, 3.8) is 0 Å². The van der Waals surface area contributed by atoms with Gasteiger partial charge in [-0.1, -0.05) is 55.6 Å². The Morgan fingerprint density at radius 2 is 1.85 bits per heavy atom. The maximum absolute atomic E-state index is 13.9. The Hall–Kier alpha value is -2.65. The van der Waals surface area contributed by atoms with Gasteiger partial charge in [0.2, 0.25) is 0 Å². The average molecular weight is 459 g/mol. The minimum Gasteiger partial charge on any atom is -0.363 e. The van der Waals surface area contributed by atoms with Crippen molar-refractivity contribution in [3.8, 4) is 0 Å². The van der Waals surface area contributed by atoms with Crippen LogP contribution in [0.3, 0.4) is 0 Å². The van der Waals surface area contributed by atoms with Gasteiger partial charge in [0.15, 0.2) is 0 Å². The van der Waals surface area contributed by atoms with E-state index in [0.29, 0.717) is 17.4 Å². The van der Waals surface area contributed by atoms with Gasteiger partial charge in [-0.05, 0) is 111 Å². The molecule has 4 rings (SSSR count). The first kappa shape index (κ1) is 24.5. The minimum atomic E-state index is -0.102. The molecule has 0 aliphatic carbocycles. The Morgan fingerprint density at radius 3 is 2.53 bits per heavy atom. The molecule has 0 amide bonds. The van der Waals surface area contributed by atoms with E-state index in [1.807, 2.05) is 13.0 Å². The Labute approximate surface area is 205 Å². The van der Waals surface area contributed by atoms with Crippen molar-refractivity contribution >= 4 is 5.57 Å². The summed E-state index contributed by atoms with van der Waals surface area (Å²) in [6.07, 6.45) is 6.61. The molecule has 0 saturated carbocycles. The Bertz CT molecular complexity index is 1070. The second-order valence-corrected chi connectivity index (χ2v) is 10.4. The highest BCUT2D eigenvalue weighted by Gasteiger charge is 2.23. The molecule has 2 aromatic rings. The Kier molecular flexibility index (Phi) is 7.73. The molecule has 3 heteroatoms. The van der Waals surface area contributed by atoms with Crippen LogP contribution in [0, 0.1) is 18.7 Å². The average Bonchev–Trinajstić information content (AvgIpc) is 2.81. The van der Waals surface area contributed by atoms with Crippen molar-refractivity contribution in [1.82, 2.24) is 10.2 Å². The van der Waals surface area contributed by atoms with Crippen LogP contribution in [0.5, 0.6) is 0 Å². The zero-order chi connectivity index (χ0) is 24.2. The number of rotatable bonds is 7. The van der Waals surface area contributed by atoms with E-state index in [1.165, 1.54) is 16.7 Å². The van der Waals surface area contributed by atoms with Crippen LogP contribution in [-0.2, 0) is 13.0 Å². The monoisotopic (exact) mass is 458 g/mol. The second-order valence-electron chi connectivity index (χ2n) is 10.4. The molecule has 2 saturated heterocycles. The molecule has 180 valence electrons. The summed E-state index contributed by atoms with van der Waals surface area (Å²) < 4.78 is 13.9. The van der Waals surface area contributed by atoms with Gasteiger partial charge in [0.1, 0.15) is 5.82 Å². The molecule has 0 radical (unpaired) electrons. The third-order valence-electron chi connectivity index (χ3n) is 7.68. The van der Waals surface area contributed by atoms with Gasteiger partial charge in [-0.15, -0.1) is 0 Å². The van der Waals surface area contributed by atoms with Crippen molar-refractivity contribution in [2.24, 2.45) is 5.92 Å². The first-order chi connectivity index (χ1) is 16.3. The Balaban J connectivity index is 1.39. The number of hydrogen-bond donors (Lipinski definition) is 1. The second kappa shape index (κ2) is 10.7. The number of nitrogens with one attached hydrogen (secondary N) is 1. The fourth-order valence-electron chi connectivity index (χ4n) is 5.47. The van der Waals surface area contributed by atoms with E-state index in [1.54, 1.807) is 6.07 Å². The van der Waals surface area contributed by atoms with Crippen LogP contribution >= 0.6 is 0 Å². The molecule has 1 unspecified atom stereocenters. The molecule has 0 aromatic heterocycles. The van der Waals surface area contributed by atoms with E-state index in [0.717, 1.165) is 80.7 Å². The number of piperidine rings is 2. The molecule has 2 aliphatic heterocycles. The SMILES string of the molecule is C=C1CCC(CCc2cc(C3CCN(Cc4ccc(C)c(F)c4)CC3)ccc2C(=C)C)C(=C)N1. The summed E-state index contributed by atoms with van der Waals surface area (Å²) in [4.78, 5) is 2.46. The standard InChI is InChI=1S/C31H39FN2/c1-21(2)30-13-12-28(19-29(30)11-10-26-9-7-23(4)33-24(26)5)27-14-16-34(17-15-27)20-25-8-6-22(3)31(32)18-25/h6,8,12-13,18-19,26-27,33H,1,4-5,7,9-11,14-17,20H2,2-3H3. The molecule has 2 aliphatic rings. The smallest absolute Gasteiger partial charge is 0.126 e. The van der Waals surface area contributed by atoms with E-state index in [4.69, 9.17) is 0 Å². The largest absolute Gasteiger partial charge is 0.363 e. The van der Waals surface area contributed by atoms with Crippen molar-refractivity contribution in [2.45, 2.75) is 64.8 Å². The van der Waals surface area contributed by atoms with Crippen LogP contribution in [0.1, 0.15) is 72.8 Å². The number of allylic oxidation sites excluding steroid dienone is 3. The first-order valence-corrected chi connectivity index (χ1v) is 12.7. The predicted molar refractivity (Wildman–Crippen MR) is 142 cm³/mol. The molecule has 0 bridgehead atoms. The Morgan fingerprint density at radius 1 is 1.09 bits per heavy atom. The first-order valence-electron chi connectivity index (χ1n) is 12.7. The molecule has 2 nitrogen and oxygen atoms in total. The van der Waals surface area contributed by atoms with Crippen molar-refractivity contribution in [2.75, 3.05) is 13.1 Å². The summed E-state index contributed by atoms with van der Waals surface area (Å²) in [5.41, 5.74) is 9.28. The fourth-order valence-corrected chi connectivity index (χ4v) is 5.47. The number of halogens is 1. The summed E-state index contributed by atoms with van der Waals surface area (Å²) in [6.45, 7) is 19.4. The lowest BCUT2D eigenvalue weighted by molar-refractivity contribution is 0.204. The highest BCUT2D eigenvalue weighted by Crippen LogP contribution is 2.33. The van der Waals surface area contributed by atoms with Crippen LogP contribution in [0.2, 0.25) is 0 Å². The van der Waals surface area contributed by atoms with E-state index >= 15 is 0 Å². The molecule has 2 heterocycles.